The molecule has 0 saturated heterocycles. The van der Waals surface area contributed by atoms with Crippen molar-refractivity contribution in [1.29, 1.82) is 0 Å². The Bertz CT molecular complexity index is 847. The summed E-state index contributed by atoms with van der Waals surface area (Å²) in [4.78, 5) is 12.6. The van der Waals surface area contributed by atoms with Crippen molar-refractivity contribution >= 4 is 31.5 Å². The Balaban J connectivity index is 2.38. The van der Waals surface area contributed by atoms with Gasteiger partial charge in [0, 0.05) is 20.2 Å². The number of rotatable bonds is 2. The molecule has 1 heterocycles. The number of benzene rings is 2. The van der Waals surface area contributed by atoms with Crippen LogP contribution in [0.1, 0.15) is 25.3 Å². The molecule has 2 aromatic carbocycles. The van der Waals surface area contributed by atoms with Crippen molar-refractivity contribution in [2.45, 2.75) is 19.8 Å². The second kappa shape index (κ2) is 4.91. The molecular formula is C17H16O2S. The van der Waals surface area contributed by atoms with Crippen molar-refractivity contribution in [3.05, 3.63) is 52.2 Å². The molecule has 3 rings (SSSR count). The summed E-state index contributed by atoms with van der Waals surface area (Å²) in [5, 5.41) is 1.59. The lowest BCUT2D eigenvalue weighted by Gasteiger charge is -2.08. The van der Waals surface area contributed by atoms with Gasteiger partial charge in [0.05, 0.1) is 7.11 Å². The quantitative estimate of drug-likeness (QED) is 0.645. The highest BCUT2D eigenvalue weighted by Gasteiger charge is 2.09. The van der Waals surface area contributed by atoms with Gasteiger partial charge in [0.1, 0.15) is 5.75 Å². The maximum absolute atomic E-state index is 12.6. The van der Waals surface area contributed by atoms with Gasteiger partial charge in [-0.15, -0.1) is 11.3 Å². The summed E-state index contributed by atoms with van der Waals surface area (Å²) in [6.07, 6.45) is 0. The smallest absolute Gasteiger partial charge is 0.195 e. The summed E-state index contributed by atoms with van der Waals surface area (Å²) in [5.41, 5.74) is 1.31. The Kier molecular flexibility index (Phi) is 3.22. The zero-order chi connectivity index (χ0) is 14.3. The van der Waals surface area contributed by atoms with Crippen LogP contribution < -0.4 is 10.2 Å². The molecule has 0 atom stereocenters. The van der Waals surface area contributed by atoms with Crippen LogP contribution in [0.15, 0.2) is 41.2 Å². The van der Waals surface area contributed by atoms with E-state index in [0.29, 0.717) is 5.92 Å². The minimum absolute atomic E-state index is 0.110. The van der Waals surface area contributed by atoms with Crippen LogP contribution in [0.5, 0.6) is 5.75 Å². The number of hydrogen-bond donors (Lipinski definition) is 0. The zero-order valence-corrected chi connectivity index (χ0v) is 12.6. The fourth-order valence-corrected chi connectivity index (χ4v) is 3.42. The van der Waals surface area contributed by atoms with E-state index in [0.717, 1.165) is 25.9 Å². The molecule has 0 fully saturated rings. The zero-order valence-electron chi connectivity index (χ0n) is 11.8. The summed E-state index contributed by atoms with van der Waals surface area (Å²) in [7, 11) is 1.64. The number of fused-ring (bicyclic) bond motifs is 2. The summed E-state index contributed by atoms with van der Waals surface area (Å²) in [5.74, 6) is 1.21. The van der Waals surface area contributed by atoms with Gasteiger partial charge >= 0.3 is 0 Å². The number of ether oxygens (including phenoxy) is 1. The van der Waals surface area contributed by atoms with E-state index in [1.807, 2.05) is 24.3 Å². The first-order chi connectivity index (χ1) is 9.60. The highest BCUT2D eigenvalue weighted by Crippen LogP contribution is 2.29. The average Bonchev–Trinajstić information content (AvgIpc) is 2.46. The molecule has 3 aromatic rings. The first-order valence-electron chi connectivity index (χ1n) is 6.64. The van der Waals surface area contributed by atoms with Crippen molar-refractivity contribution in [3.63, 3.8) is 0 Å². The molecule has 0 radical (unpaired) electrons. The number of hydrogen-bond acceptors (Lipinski definition) is 3. The average molecular weight is 284 g/mol. The van der Waals surface area contributed by atoms with Gasteiger partial charge < -0.3 is 4.74 Å². The van der Waals surface area contributed by atoms with Crippen LogP contribution in [0.4, 0.5) is 0 Å². The molecule has 0 unspecified atom stereocenters. The minimum Gasteiger partial charge on any atom is -0.497 e. The Morgan fingerprint density at radius 3 is 2.50 bits per heavy atom. The monoisotopic (exact) mass is 284 g/mol. The van der Waals surface area contributed by atoms with Crippen molar-refractivity contribution in [1.82, 2.24) is 0 Å². The maximum Gasteiger partial charge on any atom is 0.195 e. The summed E-state index contributed by atoms with van der Waals surface area (Å²) in [6, 6.07) is 11.8. The van der Waals surface area contributed by atoms with Gasteiger partial charge in [0.25, 0.3) is 0 Å². The molecule has 0 aliphatic rings. The van der Waals surface area contributed by atoms with Crippen LogP contribution in [0.2, 0.25) is 0 Å². The first-order valence-corrected chi connectivity index (χ1v) is 7.46. The normalized spacial score (nSPS) is 11.4. The molecule has 0 N–H and O–H groups in total. The van der Waals surface area contributed by atoms with Crippen LogP contribution in [-0.4, -0.2) is 7.11 Å². The van der Waals surface area contributed by atoms with E-state index in [1.165, 1.54) is 5.56 Å². The fourth-order valence-electron chi connectivity index (χ4n) is 2.34. The molecule has 20 heavy (non-hydrogen) atoms. The van der Waals surface area contributed by atoms with Gasteiger partial charge in [-0.3, -0.25) is 4.79 Å². The van der Waals surface area contributed by atoms with Gasteiger partial charge in [-0.05, 0) is 41.8 Å². The van der Waals surface area contributed by atoms with E-state index in [4.69, 9.17) is 4.74 Å². The third-order valence-electron chi connectivity index (χ3n) is 3.57. The maximum atomic E-state index is 12.6. The first kappa shape index (κ1) is 13.1. The summed E-state index contributed by atoms with van der Waals surface area (Å²) >= 11 is 1.64. The Morgan fingerprint density at radius 2 is 1.80 bits per heavy atom. The second-order valence-electron chi connectivity index (χ2n) is 5.20. The van der Waals surface area contributed by atoms with E-state index in [2.05, 4.69) is 26.0 Å². The molecule has 3 heteroatoms. The predicted octanol–water partition coefficient (Wildman–Crippen LogP) is 4.55. The Morgan fingerprint density at radius 1 is 1.00 bits per heavy atom. The molecule has 0 aliphatic heterocycles. The van der Waals surface area contributed by atoms with E-state index < -0.39 is 0 Å². The predicted molar refractivity (Wildman–Crippen MR) is 86.2 cm³/mol. The molecule has 2 nitrogen and oxygen atoms in total. The molecule has 1 aromatic heterocycles. The largest absolute Gasteiger partial charge is 0.497 e. The van der Waals surface area contributed by atoms with Crippen LogP contribution in [-0.2, 0) is 0 Å². The lowest BCUT2D eigenvalue weighted by Crippen LogP contribution is -2.02. The van der Waals surface area contributed by atoms with Crippen LogP contribution in [0.25, 0.3) is 20.2 Å². The molecule has 0 bridgehead atoms. The molecule has 0 aliphatic carbocycles. The lowest BCUT2D eigenvalue weighted by atomic mass is 10.0. The van der Waals surface area contributed by atoms with Crippen molar-refractivity contribution < 1.29 is 4.74 Å². The van der Waals surface area contributed by atoms with Crippen LogP contribution >= 0.6 is 11.3 Å². The number of methoxy groups -OCH3 is 1. The van der Waals surface area contributed by atoms with Gasteiger partial charge in [-0.25, -0.2) is 0 Å². The topological polar surface area (TPSA) is 26.3 Å². The summed E-state index contributed by atoms with van der Waals surface area (Å²) in [6.45, 7) is 4.28. The van der Waals surface area contributed by atoms with Gasteiger partial charge in [0.15, 0.2) is 5.43 Å². The molecule has 102 valence electrons. The van der Waals surface area contributed by atoms with E-state index in [-0.39, 0.29) is 5.43 Å². The fraction of sp³-hybridized carbons (Fsp3) is 0.235. The van der Waals surface area contributed by atoms with Crippen LogP contribution in [0.3, 0.4) is 0 Å². The minimum atomic E-state index is 0.110. The van der Waals surface area contributed by atoms with Crippen molar-refractivity contribution in [3.8, 4) is 5.75 Å². The molecular weight excluding hydrogens is 268 g/mol. The highest BCUT2D eigenvalue weighted by atomic mass is 32.1. The molecule has 0 spiro atoms. The molecule has 0 saturated carbocycles. The van der Waals surface area contributed by atoms with E-state index in [1.54, 1.807) is 18.4 Å². The standard InChI is InChI=1S/C17H16O2S/c1-10(2)11-4-7-15-14(8-11)17(18)13-6-5-12(19-3)9-16(13)20-15/h4-10H,1-3H3. The van der Waals surface area contributed by atoms with E-state index in [9.17, 15) is 4.79 Å². The Hall–Kier alpha value is -1.87. The van der Waals surface area contributed by atoms with Crippen molar-refractivity contribution in [2.24, 2.45) is 0 Å². The SMILES string of the molecule is COc1ccc2c(=O)c3cc(C(C)C)ccc3sc2c1. The van der Waals surface area contributed by atoms with Crippen molar-refractivity contribution in [2.75, 3.05) is 7.11 Å². The highest BCUT2D eigenvalue weighted by molar-refractivity contribution is 7.24. The van der Waals surface area contributed by atoms with E-state index >= 15 is 0 Å². The van der Waals surface area contributed by atoms with Crippen LogP contribution in [0, 0.1) is 0 Å². The van der Waals surface area contributed by atoms with Gasteiger partial charge in [0.2, 0.25) is 0 Å². The lowest BCUT2D eigenvalue weighted by molar-refractivity contribution is 0.415. The Labute approximate surface area is 121 Å². The second-order valence-corrected chi connectivity index (χ2v) is 6.29. The third kappa shape index (κ3) is 2.08. The molecule has 0 amide bonds. The van der Waals surface area contributed by atoms with Gasteiger partial charge in [-0.2, -0.15) is 0 Å². The van der Waals surface area contributed by atoms with Gasteiger partial charge in [-0.1, -0.05) is 19.9 Å². The summed E-state index contributed by atoms with van der Waals surface area (Å²) < 4.78 is 7.23. The third-order valence-corrected chi connectivity index (χ3v) is 4.70.